The number of thioether (sulfide) groups is 1. The molecule has 1 aromatic rings. The van der Waals surface area contributed by atoms with E-state index in [1.807, 2.05) is 24.3 Å². The van der Waals surface area contributed by atoms with Gasteiger partial charge in [0, 0.05) is 24.5 Å². The molecular weight excluding hydrogens is 384 g/mol. The number of primary amides is 1. The molecule has 1 aliphatic carbocycles. The number of carbonyl (C=O) groups excluding carboxylic acids is 2. The summed E-state index contributed by atoms with van der Waals surface area (Å²) in [6.07, 6.45) is 8.08. The summed E-state index contributed by atoms with van der Waals surface area (Å²) < 4.78 is 0. The molecule has 2 aliphatic rings. The molecule has 0 bridgehead atoms. The summed E-state index contributed by atoms with van der Waals surface area (Å²) in [6.45, 7) is 5.73. The van der Waals surface area contributed by atoms with Gasteiger partial charge in [0.2, 0.25) is 11.8 Å². The van der Waals surface area contributed by atoms with Crippen LogP contribution in [0.1, 0.15) is 38.5 Å². The van der Waals surface area contributed by atoms with E-state index in [1.54, 1.807) is 0 Å². The first kappa shape index (κ1) is 22.1. The fourth-order valence-corrected chi connectivity index (χ4v) is 5.08. The van der Waals surface area contributed by atoms with Crippen LogP contribution in [0.25, 0.3) is 0 Å². The number of nitrogens with zero attached hydrogens (tertiary/aromatic N) is 2. The Labute approximate surface area is 178 Å². The zero-order valence-corrected chi connectivity index (χ0v) is 18.1. The van der Waals surface area contributed by atoms with Crippen molar-refractivity contribution in [1.29, 1.82) is 0 Å². The predicted octanol–water partition coefficient (Wildman–Crippen LogP) is 2.79. The molecule has 0 radical (unpaired) electrons. The van der Waals surface area contributed by atoms with E-state index in [0.29, 0.717) is 6.54 Å². The molecule has 1 aliphatic heterocycles. The summed E-state index contributed by atoms with van der Waals surface area (Å²) in [4.78, 5) is 29.4. The Hall–Kier alpha value is -1.57. The highest BCUT2D eigenvalue weighted by Crippen LogP contribution is 2.27. The number of hydrogen-bond donors (Lipinski definition) is 2. The standard InChI is InChI=1S/C22H34N4O2S/c23-21(27)17-29-20-10-5-4-9-19(20)24-22(28)16-26-12-6-11-25(13-14-26)15-18-7-2-1-3-8-18/h4-5,9-10,18H,1-3,6-8,11-17H2,(H2,23,27)(H,24,28). The van der Waals surface area contributed by atoms with Gasteiger partial charge in [0.15, 0.2) is 0 Å². The highest BCUT2D eigenvalue weighted by atomic mass is 32.2. The Morgan fingerprint density at radius 2 is 1.72 bits per heavy atom. The van der Waals surface area contributed by atoms with Crippen molar-refractivity contribution in [2.75, 3.05) is 50.3 Å². The molecule has 1 saturated heterocycles. The fraction of sp³-hybridized carbons (Fsp3) is 0.636. The molecule has 3 rings (SSSR count). The van der Waals surface area contributed by atoms with E-state index in [1.165, 1.54) is 50.4 Å². The minimum atomic E-state index is -0.363. The van der Waals surface area contributed by atoms with E-state index in [2.05, 4.69) is 15.1 Å². The summed E-state index contributed by atoms with van der Waals surface area (Å²) in [5.41, 5.74) is 5.99. The second kappa shape index (κ2) is 11.6. The number of carbonyl (C=O) groups is 2. The average Bonchev–Trinajstić information content (AvgIpc) is 2.93. The Morgan fingerprint density at radius 1 is 1.00 bits per heavy atom. The maximum absolute atomic E-state index is 12.6. The summed E-state index contributed by atoms with van der Waals surface area (Å²) in [6, 6.07) is 7.56. The minimum Gasteiger partial charge on any atom is -0.369 e. The summed E-state index contributed by atoms with van der Waals surface area (Å²) in [7, 11) is 0. The van der Waals surface area contributed by atoms with Gasteiger partial charge in [0.25, 0.3) is 0 Å². The lowest BCUT2D eigenvalue weighted by Gasteiger charge is -2.28. The van der Waals surface area contributed by atoms with Crippen LogP contribution in [0.4, 0.5) is 5.69 Å². The number of nitrogens with two attached hydrogens (primary N) is 1. The zero-order valence-electron chi connectivity index (χ0n) is 17.3. The first-order chi connectivity index (χ1) is 14.1. The van der Waals surface area contributed by atoms with Crippen LogP contribution in [0, 0.1) is 5.92 Å². The van der Waals surface area contributed by atoms with Crippen molar-refractivity contribution in [3.63, 3.8) is 0 Å². The van der Waals surface area contributed by atoms with Gasteiger partial charge in [0.05, 0.1) is 18.0 Å². The van der Waals surface area contributed by atoms with Crippen molar-refractivity contribution in [3.05, 3.63) is 24.3 Å². The maximum atomic E-state index is 12.6. The quantitative estimate of drug-likeness (QED) is 0.635. The lowest BCUT2D eigenvalue weighted by atomic mass is 9.89. The second-order valence-corrected chi connectivity index (χ2v) is 9.25. The van der Waals surface area contributed by atoms with Crippen LogP contribution < -0.4 is 11.1 Å². The van der Waals surface area contributed by atoms with E-state index < -0.39 is 0 Å². The number of benzene rings is 1. The second-order valence-electron chi connectivity index (χ2n) is 8.23. The lowest BCUT2D eigenvalue weighted by Crippen LogP contribution is -2.37. The van der Waals surface area contributed by atoms with E-state index in [0.717, 1.165) is 49.1 Å². The Morgan fingerprint density at radius 3 is 2.52 bits per heavy atom. The minimum absolute atomic E-state index is 0.00199. The summed E-state index contributed by atoms with van der Waals surface area (Å²) in [5.74, 6) is 0.708. The monoisotopic (exact) mass is 418 g/mol. The molecule has 1 heterocycles. The number of para-hydroxylation sites is 1. The van der Waals surface area contributed by atoms with Crippen molar-refractivity contribution >= 4 is 29.3 Å². The average molecular weight is 419 g/mol. The van der Waals surface area contributed by atoms with Crippen molar-refractivity contribution in [2.45, 2.75) is 43.4 Å². The van der Waals surface area contributed by atoms with Gasteiger partial charge in [-0.25, -0.2) is 0 Å². The Kier molecular flexibility index (Phi) is 8.83. The molecule has 29 heavy (non-hydrogen) atoms. The molecule has 2 fully saturated rings. The van der Waals surface area contributed by atoms with Crippen LogP contribution in [0.2, 0.25) is 0 Å². The third-order valence-corrected chi connectivity index (χ3v) is 6.92. The Balaban J connectivity index is 1.45. The van der Waals surface area contributed by atoms with Crippen LogP contribution in [-0.2, 0) is 9.59 Å². The number of amides is 2. The van der Waals surface area contributed by atoms with Gasteiger partial charge >= 0.3 is 0 Å². The molecule has 0 unspecified atom stereocenters. The highest BCUT2D eigenvalue weighted by molar-refractivity contribution is 8.00. The van der Waals surface area contributed by atoms with Crippen LogP contribution in [-0.4, -0.2) is 66.6 Å². The normalized spacial score (nSPS) is 19.6. The lowest BCUT2D eigenvalue weighted by molar-refractivity contribution is -0.117. The molecule has 1 saturated carbocycles. The predicted molar refractivity (Wildman–Crippen MR) is 119 cm³/mol. The summed E-state index contributed by atoms with van der Waals surface area (Å²) >= 11 is 1.35. The molecule has 160 valence electrons. The number of anilines is 1. The van der Waals surface area contributed by atoms with Crippen molar-refractivity contribution in [2.24, 2.45) is 11.7 Å². The SMILES string of the molecule is NC(=O)CSc1ccccc1NC(=O)CN1CCCN(CC2CCCCC2)CC1. The van der Waals surface area contributed by atoms with Crippen molar-refractivity contribution < 1.29 is 9.59 Å². The van der Waals surface area contributed by atoms with Gasteiger partial charge < -0.3 is 16.0 Å². The molecule has 2 amide bonds. The van der Waals surface area contributed by atoms with Crippen LogP contribution >= 0.6 is 11.8 Å². The number of nitrogens with one attached hydrogen (secondary N) is 1. The fourth-order valence-electron chi connectivity index (χ4n) is 4.34. The van der Waals surface area contributed by atoms with Crippen LogP contribution in [0.3, 0.4) is 0 Å². The molecule has 1 aromatic carbocycles. The first-order valence-electron chi connectivity index (χ1n) is 10.8. The maximum Gasteiger partial charge on any atom is 0.238 e. The Bertz CT molecular complexity index is 679. The third-order valence-electron chi connectivity index (χ3n) is 5.82. The smallest absolute Gasteiger partial charge is 0.238 e. The van der Waals surface area contributed by atoms with E-state index in [-0.39, 0.29) is 17.6 Å². The molecule has 0 spiro atoms. The van der Waals surface area contributed by atoms with E-state index in [9.17, 15) is 9.59 Å². The van der Waals surface area contributed by atoms with Gasteiger partial charge in [-0.3, -0.25) is 14.5 Å². The van der Waals surface area contributed by atoms with Crippen molar-refractivity contribution in [3.8, 4) is 0 Å². The van der Waals surface area contributed by atoms with Gasteiger partial charge in [-0.15, -0.1) is 11.8 Å². The van der Waals surface area contributed by atoms with E-state index >= 15 is 0 Å². The van der Waals surface area contributed by atoms with Gasteiger partial charge in [-0.2, -0.15) is 0 Å². The van der Waals surface area contributed by atoms with Gasteiger partial charge in [-0.05, 0) is 50.4 Å². The summed E-state index contributed by atoms with van der Waals surface area (Å²) in [5, 5.41) is 3.01. The van der Waals surface area contributed by atoms with Crippen LogP contribution in [0.15, 0.2) is 29.2 Å². The molecular formula is C22H34N4O2S. The number of rotatable bonds is 8. The molecule has 3 N–H and O–H groups in total. The topological polar surface area (TPSA) is 78.7 Å². The first-order valence-corrected chi connectivity index (χ1v) is 11.8. The van der Waals surface area contributed by atoms with E-state index in [4.69, 9.17) is 5.73 Å². The van der Waals surface area contributed by atoms with Crippen LogP contribution in [0.5, 0.6) is 0 Å². The zero-order chi connectivity index (χ0) is 20.5. The number of hydrogen-bond acceptors (Lipinski definition) is 5. The molecule has 7 heteroatoms. The molecule has 0 atom stereocenters. The largest absolute Gasteiger partial charge is 0.369 e. The van der Waals surface area contributed by atoms with Crippen molar-refractivity contribution in [1.82, 2.24) is 9.80 Å². The third kappa shape index (κ3) is 7.64. The molecule has 0 aromatic heterocycles. The molecule has 6 nitrogen and oxygen atoms in total. The van der Waals surface area contributed by atoms with Gasteiger partial charge in [0.1, 0.15) is 0 Å². The highest BCUT2D eigenvalue weighted by Gasteiger charge is 2.21. The van der Waals surface area contributed by atoms with Gasteiger partial charge in [-0.1, -0.05) is 31.4 Å².